The molecule has 1 saturated carbocycles. The molecule has 0 radical (unpaired) electrons. The number of carbonyl (C=O) groups excluding carboxylic acids is 1. The molecule has 114 valence electrons. The van der Waals surface area contributed by atoms with Gasteiger partial charge in [0.2, 0.25) is 0 Å². The highest BCUT2D eigenvalue weighted by molar-refractivity contribution is 5.65. The molecule has 0 amide bonds. The zero-order chi connectivity index (χ0) is 14.9. The van der Waals surface area contributed by atoms with Crippen LogP contribution in [0.3, 0.4) is 0 Å². The van der Waals surface area contributed by atoms with Crippen molar-refractivity contribution in [2.75, 3.05) is 13.2 Å². The van der Waals surface area contributed by atoms with Crippen LogP contribution in [0.1, 0.15) is 53.4 Å². The third-order valence-corrected chi connectivity index (χ3v) is 5.11. The van der Waals surface area contributed by atoms with Gasteiger partial charge in [0.1, 0.15) is 0 Å². The van der Waals surface area contributed by atoms with Crippen molar-refractivity contribution in [1.82, 2.24) is 0 Å². The zero-order valence-corrected chi connectivity index (χ0v) is 13.2. The van der Waals surface area contributed by atoms with Gasteiger partial charge in [0, 0.05) is 12.8 Å². The van der Waals surface area contributed by atoms with Crippen molar-refractivity contribution in [3.8, 4) is 0 Å². The topological polar surface area (TPSA) is 46.5 Å². The lowest BCUT2D eigenvalue weighted by atomic mass is 9.84. The second-order valence-electron chi connectivity index (χ2n) is 7.41. The fraction of sp³-hybridized carbons (Fsp3) is 0.824. The molecule has 3 nitrogen and oxygen atoms in total. The van der Waals surface area contributed by atoms with Crippen LogP contribution in [0.2, 0.25) is 0 Å². The predicted octanol–water partition coefficient (Wildman–Crippen LogP) is 3.32. The van der Waals surface area contributed by atoms with E-state index < -0.39 is 0 Å². The number of allylic oxidation sites excluding steroid dienone is 1. The molecule has 3 atom stereocenters. The summed E-state index contributed by atoms with van der Waals surface area (Å²) in [6.07, 6.45) is 4.46. The SMILES string of the molecule is CC(=O)OC[C@@H]1CC[C@@H](C)[C@H]2CC(C)(C)CC2=C1CO. The van der Waals surface area contributed by atoms with Gasteiger partial charge in [-0.2, -0.15) is 0 Å². The fourth-order valence-electron chi connectivity index (χ4n) is 4.07. The summed E-state index contributed by atoms with van der Waals surface area (Å²) in [5.41, 5.74) is 2.95. The average Bonchev–Trinajstić information content (AvgIpc) is 2.62. The molecule has 0 bridgehead atoms. The molecule has 0 aromatic heterocycles. The fourth-order valence-corrected chi connectivity index (χ4v) is 4.07. The number of hydrogen-bond acceptors (Lipinski definition) is 3. The summed E-state index contributed by atoms with van der Waals surface area (Å²) in [5.74, 6) is 1.25. The van der Waals surface area contributed by atoms with Crippen LogP contribution >= 0.6 is 0 Å². The third kappa shape index (κ3) is 3.25. The minimum absolute atomic E-state index is 0.112. The van der Waals surface area contributed by atoms with Crippen LogP contribution in [0.5, 0.6) is 0 Å². The Morgan fingerprint density at radius 3 is 2.70 bits per heavy atom. The van der Waals surface area contributed by atoms with Crippen LogP contribution < -0.4 is 0 Å². The van der Waals surface area contributed by atoms with Crippen LogP contribution in [0.15, 0.2) is 11.1 Å². The molecule has 0 unspecified atom stereocenters. The summed E-state index contributed by atoms with van der Waals surface area (Å²) < 4.78 is 5.22. The normalized spacial score (nSPS) is 32.8. The maximum absolute atomic E-state index is 11.1. The lowest BCUT2D eigenvalue weighted by Crippen LogP contribution is -2.18. The first-order valence-corrected chi connectivity index (χ1v) is 7.80. The molecule has 2 aliphatic carbocycles. The Labute approximate surface area is 122 Å². The lowest BCUT2D eigenvalue weighted by molar-refractivity contribution is -0.142. The van der Waals surface area contributed by atoms with Crippen LogP contribution in [-0.4, -0.2) is 24.3 Å². The number of fused-ring (bicyclic) bond motifs is 1. The van der Waals surface area contributed by atoms with Crippen molar-refractivity contribution in [2.24, 2.45) is 23.2 Å². The van der Waals surface area contributed by atoms with Gasteiger partial charge >= 0.3 is 5.97 Å². The molecule has 0 heterocycles. The maximum Gasteiger partial charge on any atom is 0.302 e. The first-order valence-electron chi connectivity index (χ1n) is 7.80. The standard InChI is InChI=1S/C17H28O3/c1-11-5-6-13(10-20-12(2)19)16(9-18)15-8-17(3,4)7-14(11)15/h11,13-14,18H,5-10H2,1-4H3/t11-,13+,14-/m1/s1. The smallest absolute Gasteiger partial charge is 0.302 e. The predicted molar refractivity (Wildman–Crippen MR) is 79.1 cm³/mol. The average molecular weight is 280 g/mol. The van der Waals surface area contributed by atoms with E-state index in [1.807, 2.05) is 0 Å². The summed E-state index contributed by atoms with van der Waals surface area (Å²) in [7, 11) is 0. The van der Waals surface area contributed by atoms with Gasteiger partial charge in [0.25, 0.3) is 0 Å². The summed E-state index contributed by atoms with van der Waals surface area (Å²) in [6, 6.07) is 0. The van der Waals surface area contributed by atoms with Crippen LogP contribution in [0.4, 0.5) is 0 Å². The van der Waals surface area contributed by atoms with Gasteiger partial charge in [0.05, 0.1) is 13.2 Å². The highest BCUT2D eigenvalue weighted by atomic mass is 16.5. The minimum atomic E-state index is -0.229. The largest absolute Gasteiger partial charge is 0.465 e. The second kappa shape index (κ2) is 5.88. The van der Waals surface area contributed by atoms with E-state index in [0.717, 1.165) is 24.8 Å². The highest BCUT2D eigenvalue weighted by Crippen LogP contribution is 2.52. The molecular weight excluding hydrogens is 252 g/mol. The van der Waals surface area contributed by atoms with Crippen molar-refractivity contribution in [2.45, 2.75) is 53.4 Å². The van der Waals surface area contributed by atoms with Gasteiger partial charge in [-0.15, -0.1) is 0 Å². The molecule has 1 N–H and O–H groups in total. The Hall–Kier alpha value is -0.830. The zero-order valence-electron chi connectivity index (χ0n) is 13.2. The number of esters is 1. The van der Waals surface area contributed by atoms with Gasteiger partial charge in [-0.1, -0.05) is 26.3 Å². The highest BCUT2D eigenvalue weighted by Gasteiger charge is 2.41. The van der Waals surface area contributed by atoms with E-state index in [1.54, 1.807) is 0 Å². The van der Waals surface area contributed by atoms with Gasteiger partial charge < -0.3 is 9.84 Å². The van der Waals surface area contributed by atoms with Gasteiger partial charge in [0.15, 0.2) is 0 Å². The molecule has 0 aromatic rings. The summed E-state index contributed by atoms with van der Waals surface area (Å²) >= 11 is 0. The molecular formula is C17H28O3. The van der Waals surface area contributed by atoms with E-state index in [1.165, 1.54) is 18.9 Å². The molecule has 1 fully saturated rings. The van der Waals surface area contributed by atoms with E-state index in [0.29, 0.717) is 23.9 Å². The molecule has 0 aromatic carbocycles. The van der Waals surface area contributed by atoms with Crippen LogP contribution in [0.25, 0.3) is 0 Å². The van der Waals surface area contributed by atoms with Gasteiger partial charge in [-0.05, 0) is 48.5 Å². The van der Waals surface area contributed by atoms with Crippen molar-refractivity contribution >= 4 is 5.97 Å². The van der Waals surface area contributed by atoms with Crippen LogP contribution in [-0.2, 0) is 9.53 Å². The van der Waals surface area contributed by atoms with E-state index >= 15 is 0 Å². The molecule has 0 spiro atoms. The van der Waals surface area contributed by atoms with E-state index in [-0.39, 0.29) is 18.5 Å². The molecule has 0 aliphatic heterocycles. The Bertz CT molecular complexity index is 408. The number of ether oxygens (including phenoxy) is 1. The Morgan fingerprint density at radius 1 is 1.40 bits per heavy atom. The third-order valence-electron chi connectivity index (χ3n) is 5.11. The van der Waals surface area contributed by atoms with Crippen molar-refractivity contribution in [3.05, 3.63) is 11.1 Å². The molecule has 20 heavy (non-hydrogen) atoms. The number of aliphatic hydroxyl groups excluding tert-OH is 1. The summed E-state index contributed by atoms with van der Waals surface area (Å²) in [4.78, 5) is 11.1. The number of carbonyl (C=O) groups is 1. The molecule has 2 rings (SSSR count). The quantitative estimate of drug-likeness (QED) is 0.637. The number of rotatable bonds is 3. The second-order valence-corrected chi connectivity index (χ2v) is 7.41. The first kappa shape index (κ1) is 15.6. The Balaban J connectivity index is 2.28. The van der Waals surface area contributed by atoms with Gasteiger partial charge in [-0.25, -0.2) is 0 Å². The monoisotopic (exact) mass is 280 g/mol. The minimum Gasteiger partial charge on any atom is -0.465 e. The summed E-state index contributed by atoms with van der Waals surface area (Å²) in [6.45, 7) is 8.95. The van der Waals surface area contributed by atoms with Crippen molar-refractivity contribution in [1.29, 1.82) is 0 Å². The van der Waals surface area contributed by atoms with E-state index in [9.17, 15) is 9.90 Å². The molecule has 3 heteroatoms. The summed E-state index contributed by atoms with van der Waals surface area (Å²) in [5, 5.41) is 9.86. The van der Waals surface area contributed by atoms with E-state index in [4.69, 9.17) is 4.74 Å². The first-order chi connectivity index (χ1) is 9.34. The lowest BCUT2D eigenvalue weighted by Gasteiger charge is -2.21. The van der Waals surface area contributed by atoms with Crippen LogP contribution in [0, 0.1) is 23.2 Å². The van der Waals surface area contributed by atoms with Gasteiger partial charge in [-0.3, -0.25) is 4.79 Å². The van der Waals surface area contributed by atoms with Crippen molar-refractivity contribution < 1.29 is 14.6 Å². The number of aliphatic hydroxyl groups is 1. The number of hydrogen-bond donors (Lipinski definition) is 1. The maximum atomic E-state index is 11.1. The molecule has 2 aliphatic rings. The van der Waals surface area contributed by atoms with E-state index in [2.05, 4.69) is 20.8 Å². The van der Waals surface area contributed by atoms with Crippen molar-refractivity contribution in [3.63, 3.8) is 0 Å². The Kier molecular flexibility index (Phi) is 4.58. The molecule has 0 saturated heterocycles. The Morgan fingerprint density at radius 2 is 2.10 bits per heavy atom.